The minimum absolute atomic E-state index is 0.706. The number of nitrogens with zero attached hydrogens (tertiary/aromatic N) is 3. The molecule has 10 aromatic carbocycles. The Morgan fingerprint density at radius 3 is 1.81 bits per heavy atom. The van der Waals surface area contributed by atoms with E-state index in [9.17, 15) is 0 Å². The van der Waals surface area contributed by atoms with E-state index in [2.05, 4.69) is 198 Å². The van der Waals surface area contributed by atoms with E-state index in [-0.39, 0.29) is 0 Å². The zero-order chi connectivity index (χ0) is 37.9. The van der Waals surface area contributed by atoms with Gasteiger partial charge in [-0.3, -0.25) is 0 Å². The molecule has 0 bridgehead atoms. The van der Waals surface area contributed by atoms with Crippen LogP contribution in [0.3, 0.4) is 0 Å². The Kier molecular flexibility index (Phi) is 6.41. The monoisotopic (exact) mass is 736 g/mol. The predicted octanol–water partition coefficient (Wildman–Crippen LogP) is 14.3. The molecule has 4 heteroatoms. The molecule has 3 aromatic heterocycles. The molecule has 13 aromatic rings. The summed E-state index contributed by atoms with van der Waals surface area (Å²) in [5.41, 5.74) is 9.72. The number of para-hydroxylation sites is 1. The van der Waals surface area contributed by atoms with Crippen LogP contribution in [-0.2, 0) is 0 Å². The number of aromatic amines is 1. The fourth-order valence-corrected chi connectivity index (χ4v) is 9.80. The van der Waals surface area contributed by atoms with Gasteiger partial charge >= 0.3 is 0 Å². The molecule has 0 aliphatic heterocycles. The average molecular weight is 737 g/mol. The molecule has 13 rings (SSSR count). The summed E-state index contributed by atoms with van der Waals surface area (Å²) in [5.74, 6) is 0.706. The molecule has 0 unspecified atom stereocenters. The predicted molar refractivity (Wildman–Crippen MR) is 244 cm³/mol. The molecule has 1 N–H and O–H groups in total. The molecule has 0 fully saturated rings. The lowest BCUT2D eigenvalue weighted by molar-refractivity contribution is 1.19. The molecule has 0 radical (unpaired) electrons. The van der Waals surface area contributed by atoms with Gasteiger partial charge in [0.25, 0.3) is 0 Å². The third-order valence-corrected chi connectivity index (χ3v) is 12.3. The number of aromatic nitrogens is 4. The lowest BCUT2D eigenvalue weighted by atomic mass is 9.94. The average Bonchev–Trinajstić information content (AvgIpc) is 3.86. The highest BCUT2D eigenvalue weighted by molar-refractivity contribution is 6.38. The van der Waals surface area contributed by atoms with Crippen molar-refractivity contribution < 1.29 is 0 Å². The van der Waals surface area contributed by atoms with Crippen molar-refractivity contribution in [2.24, 2.45) is 0 Å². The highest BCUT2D eigenvalue weighted by Crippen LogP contribution is 2.47. The standard InChI is InChI=1S/C54H32N4/c1-3-16-33(17-4-1)49-48-39-23-11-9-21-37(39)38-22-10-12-24-40(38)51(48)57-54(56-49)34-28-30-45-44(31-34)46-47-43-29-27-32-15-7-8-20-36(32)52(43)58(35-18-5-2-6-19-35)53(47)42-26-14-13-25-41(42)50(46)55-45/h1-31,55H. The number of hydrogen-bond acceptors (Lipinski definition) is 2. The molecular formula is C54H32N4. The Labute approximate surface area is 332 Å². The molecule has 0 aliphatic carbocycles. The second kappa shape index (κ2) is 11.8. The Morgan fingerprint density at radius 1 is 0.379 bits per heavy atom. The third-order valence-electron chi connectivity index (χ3n) is 12.3. The number of nitrogens with one attached hydrogen (secondary N) is 1. The molecule has 0 amide bonds. The van der Waals surface area contributed by atoms with Gasteiger partial charge in [0.2, 0.25) is 0 Å². The normalized spacial score (nSPS) is 12.1. The maximum absolute atomic E-state index is 5.50. The Hall–Kier alpha value is -7.82. The Bertz CT molecular complexity index is 3840. The first kappa shape index (κ1) is 31.4. The van der Waals surface area contributed by atoms with Gasteiger partial charge in [-0.2, -0.15) is 0 Å². The van der Waals surface area contributed by atoms with E-state index in [0.29, 0.717) is 5.82 Å². The zero-order valence-corrected chi connectivity index (χ0v) is 31.2. The molecule has 4 nitrogen and oxygen atoms in total. The van der Waals surface area contributed by atoms with Gasteiger partial charge in [0.05, 0.1) is 27.8 Å². The molecule has 0 spiro atoms. The van der Waals surface area contributed by atoms with Crippen molar-refractivity contribution in [1.82, 2.24) is 19.5 Å². The number of H-pyrrole nitrogens is 1. The number of rotatable bonds is 3. The van der Waals surface area contributed by atoms with Crippen molar-refractivity contribution in [3.8, 4) is 28.3 Å². The van der Waals surface area contributed by atoms with E-state index in [1.54, 1.807) is 0 Å². The molecule has 268 valence electrons. The number of fused-ring (bicyclic) bond motifs is 18. The summed E-state index contributed by atoms with van der Waals surface area (Å²) in [4.78, 5) is 14.9. The number of benzene rings is 10. The number of hydrogen-bond donors (Lipinski definition) is 1. The van der Waals surface area contributed by atoms with Crippen LogP contribution < -0.4 is 0 Å². The van der Waals surface area contributed by atoms with E-state index in [1.165, 1.54) is 59.5 Å². The first-order valence-electron chi connectivity index (χ1n) is 19.8. The summed E-state index contributed by atoms with van der Waals surface area (Å²) >= 11 is 0. The summed E-state index contributed by atoms with van der Waals surface area (Å²) in [5, 5.41) is 15.4. The van der Waals surface area contributed by atoms with E-state index in [1.807, 2.05) is 0 Å². The summed E-state index contributed by atoms with van der Waals surface area (Å²) in [7, 11) is 0. The van der Waals surface area contributed by atoms with Crippen molar-refractivity contribution in [1.29, 1.82) is 0 Å². The van der Waals surface area contributed by atoms with Crippen LogP contribution in [0.25, 0.3) is 126 Å². The van der Waals surface area contributed by atoms with Crippen molar-refractivity contribution in [3.05, 3.63) is 188 Å². The van der Waals surface area contributed by atoms with Gasteiger partial charge in [-0.1, -0.05) is 158 Å². The van der Waals surface area contributed by atoms with Crippen LogP contribution in [0.4, 0.5) is 0 Å². The fourth-order valence-electron chi connectivity index (χ4n) is 9.80. The highest BCUT2D eigenvalue weighted by Gasteiger charge is 2.24. The molecule has 0 saturated carbocycles. The first-order valence-corrected chi connectivity index (χ1v) is 19.8. The van der Waals surface area contributed by atoms with Gasteiger partial charge in [-0.25, -0.2) is 9.97 Å². The van der Waals surface area contributed by atoms with Crippen LogP contribution in [0.5, 0.6) is 0 Å². The maximum Gasteiger partial charge on any atom is 0.160 e. The molecular weight excluding hydrogens is 705 g/mol. The van der Waals surface area contributed by atoms with Crippen LogP contribution in [0, 0.1) is 0 Å². The van der Waals surface area contributed by atoms with Crippen LogP contribution in [0.15, 0.2) is 188 Å². The van der Waals surface area contributed by atoms with Crippen LogP contribution in [0.2, 0.25) is 0 Å². The van der Waals surface area contributed by atoms with Gasteiger partial charge in [-0.15, -0.1) is 0 Å². The maximum atomic E-state index is 5.50. The summed E-state index contributed by atoms with van der Waals surface area (Å²) < 4.78 is 2.49. The van der Waals surface area contributed by atoms with Crippen molar-refractivity contribution in [2.45, 2.75) is 0 Å². The molecule has 0 atom stereocenters. The van der Waals surface area contributed by atoms with Crippen LogP contribution in [0.1, 0.15) is 0 Å². The van der Waals surface area contributed by atoms with Crippen molar-refractivity contribution in [3.63, 3.8) is 0 Å². The van der Waals surface area contributed by atoms with E-state index < -0.39 is 0 Å². The van der Waals surface area contributed by atoms with Crippen molar-refractivity contribution >= 4 is 97.6 Å². The quantitative estimate of drug-likeness (QED) is 0.184. The Morgan fingerprint density at radius 2 is 1.02 bits per heavy atom. The minimum Gasteiger partial charge on any atom is -0.354 e. The topological polar surface area (TPSA) is 46.5 Å². The van der Waals surface area contributed by atoms with E-state index >= 15 is 0 Å². The minimum atomic E-state index is 0.706. The fraction of sp³-hybridized carbons (Fsp3) is 0. The molecule has 0 aliphatic rings. The Balaban J connectivity index is 1.19. The smallest absolute Gasteiger partial charge is 0.160 e. The van der Waals surface area contributed by atoms with E-state index in [0.717, 1.165) is 60.6 Å². The second-order valence-electron chi connectivity index (χ2n) is 15.3. The molecule has 58 heavy (non-hydrogen) atoms. The van der Waals surface area contributed by atoms with Gasteiger partial charge in [0, 0.05) is 70.8 Å². The van der Waals surface area contributed by atoms with Crippen LogP contribution >= 0.6 is 0 Å². The second-order valence-corrected chi connectivity index (χ2v) is 15.3. The lowest BCUT2D eigenvalue weighted by Gasteiger charge is -2.15. The van der Waals surface area contributed by atoms with E-state index in [4.69, 9.17) is 9.97 Å². The summed E-state index contributed by atoms with van der Waals surface area (Å²) in [6, 6.07) is 67.6. The lowest BCUT2D eigenvalue weighted by Crippen LogP contribution is -1.97. The van der Waals surface area contributed by atoms with Gasteiger partial charge in [0.15, 0.2) is 5.82 Å². The zero-order valence-electron chi connectivity index (χ0n) is 31.2. The molecule has 0 saturated heterocycles. The SMILES string of the molecule is c1ccc(-c2nc(-c3ccc4[nH]c5c6ccccc6c6c(c7ccc8ccccc8c7n6-c6ccccc6)c5c4c3)nc3c4ccccc4c4ccccc4c23)cc1. The third kappa shape index (κ3) is 4.29. The van der Waals surface area contributed by atoms with Gasteiger partial charge in [0.1, 0.15) is 0 Å². The van der Waals surface area contributed by atoms with Crippen molar-refractivity contribution in [2.75, 3.05) is 0 Å². The summed E-state index contributed by atoms with van der Waals surface area (Å²) in [6.45, 7) is 0. The summed E-state index contributed by atoms with van der Waals surface area (Å²) in [6.07, 6.45) is 0. The van der Waals surface area contributed by atoms with Gasteiger partial charge in [-0.05, 0) is 51.9 Å². The van der Waals surface area contributed by atoms with Crippen LogP contribution in [-0.4, -0.2) is 19.5 Å². The first-order chi connectivity index (χ1) is 28.8. The van der Waals surface area contributed by atoms with Gasteiger partial charge < -0.3 is 9.55 Å². The molecule has 3 heterocycles. The largest absolute Gasteiger partial charge is 0.354 e. The highest BCUT2D eigenvalue weighted by atomic mass is 15.0.